The number of hydroxylamine groups is 2. The summed E-state index contributed by atoms with van der Waals surface area (Å²) >= 11 is 0. The second kappa shape index (κ2) is 8.46. The number of halogens is 1. The van der Waals surface area contributed by atoms with Gasteiger partial charge in [0.05, 0.1) is 17.6 Å². The zero-order chi connectivity index (χ0) is 21.1. The van der Waals surface area contributed by atoms with E-state index < -0.39 is 27.3 Å². The molecular formula is C18H20FN3O5S. The van der Waals surface area contributed by atoms with E-state index in [1.54, 1.807) is 0 Å². The van der Waals surface area contributed by atoms with Gasteiger partial charge in [0, 0.05) is 32.4 Å². The van der Waals surface area contributed by atoms with Crippen molar-refractivity contribution < 1.29 is 27.2 Å². The highest BCUT2D eigenvalue weighted by molar-refractivity contribution is 7.89. The molecule has 0 bridgehead atoms. The van der Waals surface area contributed by atoms with Gasteiger partial charge in [0.1, 0.15) is 5.82 Å². The molecule has 2 aromatic carbocycles. The maximum Gasteiger partial charge on any atom is 0.277 e. The summed E-state index contributed by atoms with van der Waals surface area (Å²) < 4.78 is 39.4. The number of carbonyl (C=O) groups excluding carboxylic acids is 2. The third-order valence-electron chi connectivity index (χ3n) is 3.91. The molecule has 10 heteroatoms. The predicted molar refractivity (Wildman–Crippen MR) is 101 cm³/mol. The number of sulfonamides is 1. The molecule has 0 aliphatic carbocycles. The van der Waals surface area contributed by atoms with Crippen LogP contribution in [0.1, 0.15) is 20.7 Å². The highest BCUT2D eigenvalue weighted by Gasteiger charge is 2.21. The fourth-order valence-corrected chi connectivity index (χ4v) is 3.14. The fraction of sp³-hybridized carbons (Fsp3) is 0.222. The minimum absolute atomic E-state index is 0.201. The number of hydrogen-bond acceptors (Lipinski definition) is 5. The largest absolute Gasteiger partial charge is 0.322 e. The SMILES string of the molecule is CON(C)C(=O)c1ccc(NC(=O)c2cc(S(=O)(=O)N(C)C)ccc2F)cc1. The summed E-state index contributed by atoms with van der Waals surface area (Å²) in [5.74, 6) is -2.06. The van der Waals surface area contributed by atoms with Crippen molar-refractivity contribution in [1.82, 2.24) is 9.37 Å². The van der Waals surface area contributed by atoms with Gasteiger partial charge in [0.15, 0.2) is 0 Å². The fourth-order valence-electron chi connectivity index (χ4n) is 2.21. The summed E-state index contributed by atoms with van der Waals surface area (Å²) in [6, 6.07) is 8.86. The van der Waals surface area contributed by atoms with Crippen LogP contribution >= 0.6 is 0 Å². The molecule has 0 saturated carbocycles. The Morgan fingerprint density at radius 1 is 1.04 bits per heavy atom. The lowest BCUT2D eigenvalue weighted by molar-refractivity contribution is -0.0756. The van der Waals surface area contributed by atoms with Crippen molar-refractivity contribution in [2.45, 2.75) is 4.90 Å². The monoisotopic (exact) mass is 409 g/mol. The summed E-state index contributed by atoms with van der Waals surface area (Å²) in [7, 11) is 1.66. The minimum Gasteiger partial charge on any atom is -0.322 e. The van der Waals surface area contributed by atoms with Crippen LogP contribution in [-0.4, -0.2) is 57.9 Å². The molecule has 0 radical (unpaired) electrons. The Hall–Kier alpha value is -2.82. The van der Waals surface area contributed by atoms with Crippen molar-refractivity contribution in [1.29, 1.82) is 0 Å². The first-order chi connectivity index (χ1) is 13.1. The molecule has 0 aliphatic rings. The quantitative estimate of drug-likeness (QED) is 0.736. The van der Waals surface area contributed by atoms with Crippen LogP contribution in [0.3, 0.4) is 0 Å². The van der Waals surface area contributed by atoms with E-state index in [-0.39, 0.29) is 10.8 Å². The molecule has 0 saturated heterocycles. The molecule has 0 heterocycles. The first-order valence-corrected chi connectivity index (χ1v) is 9.47. The van der Waals surface area contributed by atoms with Gasteiger partial charge in [-0.25, -0.2) is 22.2 Å². The van der Waals surface area contributed by atoms with Crippen molar-refractivity contribution in [3.63, 3.8) is 0 Å². The Morgan fingerprint density at radius 3 is 2.18 bits per heavy atom. The summed E-state index contributed by atoms with van der Waals surface area (Å²) in [6.07, 6.45) is 0. The molecule has 0 unspecified atom stereocenters. The van der Waals surface area contributed by atoms with Crippen LogP contribution in [0.25, 0.3) is 0 Å². The summed E-state index contributed by atoms with van der Waals surface area (Å²) in [5, 5.41) is 3.51. The molecule has 0 spiro atoms. The summed E-state index contributed by atoms with van der Waals surface area (Å²) in [6.45, 7) is 0. The molecule has 0 atom stereocenters. The van der Waals surface area contributed by atoms with E-state index in [2.05, 4.69) is 5.32 Å². The molecule has 2 aromatic rings. The minimum atomic E-state index is -3.82. The number of benzene rings is 2. The molecular weight excluding hydrogens is 389 g/mol. The number of nitrogens with one attached hydrogen (secondary N) is 1. The van der Waals surface area contributed by atoms with E-state index in [0.29, 0.717) is 11.3 Å². The second-order valence-corrected chi connectivity index (χ2v) is 8.10. The molecule has 0 aliphatic heterocycles. The number of nitrogens with zero attached hydrogens (tertiary/aromatic N) is 2. The van der Waals surface area contributed by atoms with Gasteiger partial charge in [-0.3, -0.25) is 14.4 Å². The maximum absolute atomic E-state index is 14.1. The lowest BCUT2D eigenvalue weighted by atomic mass is 10.1. The van der Waals surface area contributed by atoms with Crippen molar-refractivity contribution in [2.24, 2.45) is 0 Å². The van der Waals surface area contributed by atoms with Gasteiger partial charge in [-0.1, -0.05) is 0 Å². The molecule has 150 valence electrons. The molecule has 2 amide bonds. The normalized spacial score (nSPS) is 11.4. The molecule has 2 rings (SSSR count). The zero-order valence-electron chi connectivity index (χ0n) is 15.8. The van der Waals surface area contributed by atoms with Gasteiger partial charge in [0.25, 0.3) is 11.8 Å². The number of rotatable bonds is 6. The van der Waals surface area contributed by atoms with Crippen LogP contribution in [0.2, 0.25) is 0 Å². The van der Waals surface area contributed by atoms with Crippen LogP contribution in [0.15, 0.2) is 47.4 Å². The number of anilines is 1. The zero-order valence-corrected chi connectivity index (χ0v) is 16.6. The average Bonchev–Trinajstić information content (AvgIpc) is 2.67. The van der Waals surface area contributed by atoms with Gasteiger partial charge in [0.2, 0.25) is 10.0 Å². The highest BCUT2D eigenvalue weighted by atomic mass is 32.2. The van der Waals surface area contributed by atoms with E-state index in [9.17, 15) is 22.4 Å². The molecule has 8 nitrogen and oxygen atoms in total. The van der Waals surface area contributed by atoms with Crippen LogP contribution in [0.4, 0.5) is 10.1 Å². The lowest BCUT2D eigenvalue weighted by Crippen LogP contribution is -2.25. The first kappa shape index (κ1) is 21.5. The molecule has 0 fully saturated rings. The predicted octanol–water partition coefficient (Wildman–Crippen LogP) is 1.96. The van der Waals surface area contributed by atoms with E-state index in [0.717, 1.165) is 27.6 Å². The Labute approximate surface area is 162 Å². The number of hydrogen-bond donors (Lipinski definition) is 1. The lowest BCUT2D eigenvalue weighted by Gasteiger charge is -2.14. The van der Waals surface area contributed by atoms with Crippen molar-refractivity contribution in [2.75, 3.05) is 33.6 Å². The Bertz CT molecular complexity index is 991. The van der Waals surface area contributed by atoms with Gasteiger partial charge in [-0.05, 0) is 42.5 Å². The van der Waals surface area contributed by atoms with Crippen LogP contribution < -0.4 is 5.32 Å². The highest BCUT2D eigenvalue weighted by Crippen LogP contribution is 2.19. The molecule has 0 aromatic heterocycles. The van der Waals surface area contributed by atoms with Crippen LogP contribution in [0, 0.1) is 5.82 Å². The third-order valence-corrected chi connectivity index (χ3v) is 5.72. The van der Waals surface area contributed by atoms with Gasteiger partial charge >= 0.3 is 0 Å². The summed E-state index contributed by atoms with van der Waals surface area (Å²) in [4.78, 5) is 29.0. The smallest absolute Gasteiger partial charge is 0.277 e. The Kier molecular flexibility index (Phi) is 6.49. The van der Waals surface area contributed by atoms with E-state index in [1.807, 2.05) is 0 Å². The first-order valence-electron chi connectivity index (χ1n) is 8.03. The van der Waals surface area contributed by atoms with E-state index >= 15 is 0 Å². The van der Waals surface area contributed by atoms with Gasteiger partial charge in [-0.2, -0.15) is 0 Å². The van der Waals surface area contributed by atoms with Crippen molar-refractivity contribution >= 4 is 27.5 Å². The number of amides is 2. The Morgan fingerprint density at radius 2 is 1.64 bits per heavy atom. The van der Waals surface area contributed by atoms with Gasteiger partial charge < -0.3 is 5.32 Å². The van der Waals surface area contributed by atoms with Crippen molar-refractivity contribution in [3.8, 4) is 0 Å². The van der Waals surface area contributed by atoms with Crippen molar-refractivity contribution in [3.05, 3.63) is 59.4 Å². The van der Waals surface area contributed by atoms with E-state index in [4.69, 9.17) is 4.84 Å². The summed E-state index contributed by atoms with van der Waals surface area (Å²) in [5.41, 5.74) is 0.219. The number of carbonyl (C=O) groups is 2. The van der Waals surface area contributed by atoms with Crippen LogP contribution in [-0.2, 0) is 14.9 Å². The Balaban J connectivity index is 2.25. The average molecular weight is 409 g/mol. The van der Waals surface area contributed by atoms with Gasteiger partial charge in [-0.15, -0.1) is 0 Å². The van der Waals surface area contributed by atoms with Crippen LogP contribution in [0.5, 0.6) is 0 Å². The third kappa shape index (κ3) is 4.53. The topological polar surface area (TPSA) is 96.0 Å². The standard InChI is InChI=1S/C18H20FN3O5S/c1-21(2)28(25,26)14-9-10-16(19)15(11-14)17(23)20-13-7-5-12(6-8-13)18(24)22(3)27-4/h5-11H,1-4H3,(H,20,23). The maximum atomic E-state index is 14.1. The van der Waals surface area contributed by atoms with E-state index in [1.165, 1.54) is 52.5 Å². The molecule has 28 heavy (non-hydrogen) atoms. The molecule has 1 N–H and O–H groups in total. The second-order valence-electron chi connectivity index (χ2n) is 5.95.